The molecule has 1 aliphatic heterocycles. The van der Waals surface area contributed by atoms with Crippen LogP contribution in [0.1, 0.15) is 15.9 Å². The number of likely N-dealkylation sites (N-methyl/N-ethyl adjacent to an activating group) is 1. The molecule has 7 heteroatoms. The number of aromatic carboxylic acids is 1. The van der Waals surface area contributed by atoms with Gasteiger partial charge in [0.05, 0.1) is 16.2 Å². The van der Waals surface area contributed by atoms with Crippen molar-refractivity contribution < 1.29 is 19.4 Å². The summed E-state index contributed by atoms with van der Waals surface area (Å²) in [5, 5.41) is 9.49. The van der Waals surface area contributed by atoms with Gasteiger partial charge in [0.1, 0.15) is 12.4 Å². The highest BCUT2D eigenvalue weighted by Crippen LogP contribution is 2.33. The third-order valence-corrected chi connectivity index (χ3v) is 4.95. The number of carboxylic acid groups (broad SMARTS) is 1. The van der Waals surface area contributed by atoms with Crippen LogP contribution in [0.2, 0.25) is 0 Å². The van der Waals surface area contributed by atoms with E-state index in [-0.39, 0.29) is 11.5 Å². The number of rotatable bonds is 6. The molecule has 1 N–H and O–H groups in total. The van der Waals surface area contributed by atoms with E-state index in [1.165, 1.54) is 28.8 Å². The fourth-order valence-electron chi connectivity index (χ4n) is 2.41. The lowest BCUT2D eigenvalue weighted by atomic mass is 10.2. The average molecular weight is 394 g/mol. The molecule has 0 atom stereocenters. The molecule has 1 fully saturated rings. The standard InChI is InChI=1S/C21H18N2O4S/c1-3-12-27-17-10-4-14(5-11-17)13-18-19(24)23(2)21(28-18)22-16-8-6-15(7-9-16)20(25)26/h3-11,13H,1,12H2,2H3,(H,25,26)/b18-13-,22-21?. The van der Waals surface area contributed by atoms with Crippen LogP contribution in [0.5, 0.6) is 5.75 Å². The Bertz CT molecular complexity index is 963. The van der Waals surface area contributed by atoms with Gasteiger partial charge in [0, 0.05) is 7.05 Å². The zero-order chi connectivity index (χ0) is 20.1. The van der Waals surface area contributed by atoms with Crippen molar-refractivity contribution in [2.45, 2.75) is 0 Å². The van der Waals surface area contributed by atoms with Crippen molar-refractivity contribution in [3.8, 4) is 5.75 Å². The molecule has 2 aromatic carbocycles. The molecule has 6 nitrogen and oxygen atoms in total. The lowest BCUT2D eigenvalue weighted by Gasteiger charge is -2.07. The van der Waals surface area contributed by atoms with Crippen molar-refractivity contribution in [3.05, 3.63) is 77.2 Å². The Balaban J connectivity index is 1.77. The summed E-state index contributed by atoms with van der Waals surface area (Å²) >= 11 is 1.27. The van der Waals surface area contributed by atoms with Crippen LogP contribution in [0, 0.1) is 0 Å². The molecule has 0 aliphatic carbocycles. The molecule has 2 aromatic rings. The number of benzene rings is 2. The molecule has 0 spiro atoms. The van der Waals surface area contributed by atoms with Crippen LogP contribution in [0.3, 0.4) is 0 Å². The van der Waals surface area contributed by atoms with E-state index in [4.69, 9.17) is 9.84 Å². The van der Waals surface area contributed by atoms with E-state index in [1.807, 2.05) is 24.3 Å². The Hall–Kier alpha value is -3.32. The van der Waals surface area contributed by atoms with E-state index in [0.29, 0.717) is 22.4 Å². The second-order valence-corrected chi connectivity index (χ2v) is 6.90. The SMILES string of the molecule is C=CCOc1ccc(/C=C2\SC(=Nc3ccc(C(=O)O)cc3)N(C)C2=O)cc1. The topological polar surface area (TPSA) is 79.2 Å². The molecule has 28 heavy (non-hydrogen) atoms. The van der Waals surface area contributed by atoms with Gasteiger partial charge >= 0.3 is 5.97 Å². The number of carbonyl (C=O) groups excluding carboxylic acids is 1. The molecule has 0 bridgehead atoms. The first-order chi connectivity index (χ1) is 13.5. The highest BCUT2D eigenvalue weighted by atomic mass is 32.2. The Morgan fingerprint density at radius 3 is 2.50 bits per heavy atom. The minimum absolute atomic E-state index is 0.141. The molecule has 142 valence electrons. The van der Waals surface area contributed by atoms with Crippen molar-refractivity contribution in [2.75, 3.05) is 13.7 Å². The van der Waals surface area contributed by atoms with Gasteiger partial charge in [-0.1, -0.05) is 24.8 Å². The van der Waals surface area contributed by atoms with Crippen molar-refractivity contribution in [1.29, 1.82) is 0 Å². The maximum atomic E-state index is 12.5. The summed E-state index contributed by atoms with van der Waals surface area (Å²) in [5.41, 5.74) is 1.65. The lowest BCUT2D eigenvalue weighted by molar-refractivity contribution is -0.121. The van der Waals surface area contributed by atoms with Crippen LogP contribution in [-0.4, -0.2) is 40.7 Å². The van der Waals surface area contributed by atoms with Gasteiger partial charge in [-0.25, -0.2) is 9.79 Å². The highest BCUT2D eigenvalue weighted by molar-refractivity contribution is 8.18. The van der Waals surface area contributed by atoms with Gasteiger partial charge < -0.3 is 9.84 Å². The summed E-state index contributed by atoms with van der Waals surface area (Å²) in [5.74, 6) is -0.401. The predicted octanol–water partition coefficient (Wildman–Crippen LogP) is 4.18. The number of ether oxygens (including phenoxy) is 1. The van der Waals surface area contributed by atoms with Gasteiger partial charge in [-0.2, -0.15) is 0 Å². The number of amidine groups is 1. The quantitative estimate of drug-likeness (QED) is 0.587. The molecule has 1 heterocycles. The minimum Gasteiger partial charge on any atom is -0.490 e. The lowest BCUT2D eigenvalue weighted by Crippen LogP contribution is -2.23. The van der Waals surface area contributed by atoms with Gasteiger partial charge in [0.2, 0.25) is 0 Å². The number of thioether (sulfide) groups is 1. The first-order valence-corrected chi connectivity index (χ1v) is 9.23. The first kappa shape index (κ1) is 19.4. The van der Waals surface area contributed by atoms with Crippen molar-refractivity contribution in [2.24, 2.45) is 4.99 Å². The van der Waals surface area contributed by atoms with E-state index < -0.39 is 5.97 Å². The molecule has 3 rings (SSSR count). The molecule has 0 saturated carbocycles. The van der Waals surface area contributed by atoms with Crippen LogP contribution in [0.15, 0.2) is 71.1 Å². The third kappa shape index (κ3) is 4.50. The Labute approximate surface area is 166 Å². The number of carbonyl (C=O) groups is 2. The number of amides is 1. The third-order valence-electron chi connectivity index (χ3n) is 3.89. The summed E-state index contributed by atoms with van der Waals surface area (Å²) in [7, 11) is 1.66. The fourth-order valence-corrected chi connectivity index (χ4v) is 3.39. The van der Waals surface area contributed by atoms with Gasteiger partial charge in [-0.15, -0.1) is 0 Å². The normalized spacial score (nSPS) is 16.6. The molecular formula is C21H18N2O4S. The first-order valence-electron chi connectivity index (χ1n) is 8.41. The fraction of sp³-hybridized carbons (Fsp3) is 0.0952. The number of aliphatic imine (C=N–C) groups is 1. The van der Waals surface area contributed by atoms with Crippen LogP contribution in [0.4, 0.5) is 5.69 Å². The molecular weight excluding hydrogens is 376 g/mol. The predicted molar refractivity (Wildman–Crippen MR) is 111 cm³/mol. The summed E-state index contributed by atoms with van der Waals surface area (Å²) in [6.07, 6.45) is 3.48. The number of hydrogen-bond donors (Lipinski definition) is 1. The van der Waals surface area contributed by atoms with Crippen LogP contribution in [0.25, 0.3) is 6.08 Å². The van der Waals surface area contributed by atoms with Crippen molar-refractivity contribution in [1.82, 2.24) is 4.90 Å². The Kier molecular flexibility index (Phi) is 5.96. The average Bonchev–Trinajstić information content (AvgIpc) is 2.95. The monoisotopic (exact) mass is 394 g/mol. The summed E-state index contributed by atoms with van der Waals surface area (Å²) in [6, 6.07) is 13.6. The zero-order valence-electron chi connectivity index (χ0n) is 15.2. The van der Waals surface area contributed by atoms with E-state index in [0.717, 1.165) is 11.3 Å². The van der Waals surface area contributed by atoms with Crippen LogP contribution >= 0.6 is 11.8 Å². The number of hydrogen-bond acceptors (Lipinski definition) is 5. The molecule has 0 unspecified atom stereocenters. The number of nitrogens with zero attached hydrogens (tertiary/aromatic N) is 2. The zero-order valence-corrected chi connectivity index (χ0v) is 16.0. The molecule has 1 saturated heterocycles. The van der Waals surface area contributed by atoms with E-state index in [2.05, 4.69) is 11.6 Å². The number of carboxylic acids is 1. The molecule has 0 radical (unpaired) electrons. The van der Waals surface area contributed by atoms with Gasteiger partial charge in [0.15, 0.2) is 5.17 Å². The van der Waals surface area contributed by atoms with Crippen LogP contribution < -0.4 is 4.74 Å². The molecule has 0 aromatic heterocycles. The summed E-state index contributed by atoms with van der Waals surface area (Å²) in [4.78, 5) is 29.9. The van der Waals surface area contributed by atoms with Gasteiger partial charge in [0.25, 0.3) is 5.91 Å². The second-order valence-electron chi connectivity index (χ2n) is 5.89. The van der Waals surface area contributed by atoms with Gasteiger partial charge in [-0.3, -0.25) is 9.69 Å². The van der Waals surface area contributed by atoms with Crippen molar-refractivity contribution in [3.63, 3.8) is 0 Å². The second kappa shape index (κ2) is 8.58. The van der Waals surface area contributed by atoms with E-state index in [9.17, 15) is 9.59 Å². The molecule has 1 amide bonds. The van der Waals surface area contributed by atoms with Crippen molar-refractivity contribution >= 4 is 40.6 Å². The van der Waals surface area contributed by atoms with Crippen LogP contribution in [-0.2, 0) is 4.79 Å². The van der Waals surface area contributed by atoms with E-state index in [1.54, 1.807) is 31.3 Å². The largest absolute Gasteiger partial charge is 0.490 e. The van der Waals surface area contributed by atoms with Gasteiger partial charge in [-0.05, 0) is 59.8 Å². The maximum Gasteiger partial charge on any atom is 0.335 e. The van der Waals surface area contributed by atoms with E-state index >= 15 is 0 Å². The summed E-state index contributed by atoms with van der Waals surface area (Å²) in [6.45, 7) is 4.05. The Morgan fingerprint density at radius 2 is 1.89 bits per heavy atom. The minimum atomic E-state index is -0.993. The highest BCUT2D eigenvalue weighted by Gasteiger charge is 2.30. The summed E-state index contributed by atoms with van der Waals surface area (Å²) < 4.78 is 5.45. The maximum absolute atomic E-state index is 12.5. The Morgan fingerprint density at radius 1 is 1.21 bits per heavy atom. The smallest absolute Gasteiger partial charge is 0.335 e. The molecule has 1 aliphatic rings.